The van der Waals surface area contributed by atoms with Gasteiger partial charge in [0.1, 0.15) is 0 Å². The van der Waals surface area contributed by atoms with Crippen molar-refractivity contribution in [3.63, 3.8) is 0 Å². The number of carbonyl (C=O) groups is 1. The molecule has 0 saturated heterocycles. The van der Waals surface area contributed by atoms with Crippen molar-refractivity contribution in [2.24, 2.45) is 5.92 Å². The monoisotopic (exact) mass is 287 g/mol. The highest BCUT2D eigenvalue weighted by Gasteiger charge is 2.04. The summed E-state index contributed by atoms with van der Waals surface area (Å²) in [6.45, 7) is 5.03. The van der Waals surface area contributed by atoms with Crippen molar-refractivity contribution in [2.75, 3.05) is 6.54 Å². The number of hydrogen-bond donors (Lipinski definition) is 1. The first kappa shape index (κ1) is 15.3. The molecule has 0 unspecified atom stereocenters. The number of nitrogens with one attached hydrogen (secondary N) is 1. The molecule has 0 aliphatic carbocycles. The van der Waals surface area contributed by atoms with Crippen LogP contribution >= 0.6 is 23.2 Å². The maximum atomic E-state index is 11.6. The number of aryl methyl sites for hydroxylation is 1. The molecule has 0 atom stereocenters. The lowest BCUT2D eigenvalue weighted by molar-refractivity contribution is -0.121. The van der Waals surface area contributed by atoms with Crippen LogP contribution in [0.5, 0.6) is 0 Å². The molecule has 1 aromatic rings. The van der Waals surface area contributed by atoms with Crippen LogP contribution in [0.25, 0.3) is 0 Å². The molecule has 0 aromatic heterocycles. The molecule has 0 radical (unpaired) electrons. The maximum Gasteiger partial charge on any atom is 0.220 e. The summed E-state index contributed by atoms with van der Waals surface area (Å²) in [6.07, 6.45) is 2.18. The largest absolute Gasteiger partial charge is 0.356 e. The summed E-state index contributed by atoms with van der Waals surface area (Å²) < 4.78 is 0. The predicted octanol–water partition coefficient (Wildman–Crippen LogP) is 4.09. The number of benzene rings is 1. The Balaban J connectivity index is 2.31. The lowest BCUT2D eigenvalue weighted by atomic mass is 10.1. The Bertz CT molecular complexity index is 405. The molecule has 0 bridgehead atoms. The minimum absolute atomic E-state index is 0.0849. The second-order valence-electron chi connectivity index (χ2n) is 4.78. The molecule has 0 fully saturated rings. The Morgan fingerprint density at radius 2 is 2.00 bits per heavy atom. The molecule has 0 spiro atoms. The number of hydrogen-bond acceptors (Lipinski definition) is 1. The molecule has 1 amide bonds. The Morgan fingerprint density at radius 1 is 1.28 bits per heavy atom. The van der Waals surface area contributed by atoms with Gasteiger partial charge in [0, 0.05) is 13.0 Å². The topological polar surface area (TPSA) is 29.1 Å². The molecule has 1 rings (SSSR count). The highest BCUT2D eigenvalue weighted by Crippen LogP contribution is 2.23. The van der Waals surface area contributed by atoms with Gasteiger partial charge < -0.3 is 5.32 Å². The van der Waals surface area contributed by atoms with E-state index in [0.29, 0.717) is 28.8 Å². The van der Waals surface area contributed by atoms with Gasteiger partial charge in [0.2, 0.25) is 5.91 Å². The summed E-state index contributed by atoms with van der Waals surface area (Å²) in [5, 5.41) is 3.99. The highest BCUT2D eigenvalue weighted by molar-refractivity contribution is 6.42. The summed E-state index contributed by atoms with van der Waals surface area (Å²) in [6, 6.07) is 5.47. The van der Waals surface area contributed by atoms with Gasteiger partial charge >= 0.3 is 0 Å². The van der Waals surface area contributed by atoms with Gasteiger partial charge in [-0.05, 0) is 36.5 Å². The summed E-state index contributed by atoms with van der Waals surface area (Å²) in [7, 11) is 0. The lowest BCUT2D eigenvalue weighted by Crippen LogP contribution is -2.25. The Labute approximate surface area is 119 Å². The first-order chi connectivity index (χ1) is 8.49. The SMILES string of the molecule is CC(C)CCNC(=O)CCc1ccc(Cl)c(Cl)c1. The van der Waals surface area contributed by atoms with E-state index in [9.17, 15) is 4.79 Å². The van der Waals surface area contributed by atoms with Crippen molar-refractivity contribution in [3.05, 3.63) is 33.8 Å². The Morgan fingerprint density at radius 3 is 2.61 bits per heavy atom. The van der Waals surface area contributed by atoms with Gasteiger partial charge in [-0.3, -0.25) is 4.79 Å². The summed E-state index contributed by atoms with van der Waals surface area (Å²) in [5.74, 6) is 0.696. The number of carbonyl (C=O) groups excluding carboxylic acids is 1. The van der Waals surface area contributed by atoms with Crippen molar-refractivity contribution < 1.29 is 4.79 Å². The molecule has 4 heteroatoms. The van der Waals surface area contributed by atoms with E-state index in [1.165, 1.54) is 0 Å². The third-order valence-electron chi connectivity index (χ3n) is 2.67. The van der Waals surface area contributed by atoms with Crippen LogP contribution in [-0.4, -0.2) is 12.5 Å². The van der Waals surface area contributed by atoms with Crippen molar-refractivity contribution in [1.82, 2.24) is 5.32 Å². The molecule has 0 aliphatic rings. The summed E-state index contributed by atoms with van der Waals surface area (Å²) in [5.41, 5.74) is 1.03. The molecule has 0 aliphatic heterocycles. The molecule has 100 valence electrons. The lowest BCUT2D eigenvalue weighted by Gasteiger charge is -2.07. The van der Waals surface area contributed by atoms with Crippen molar-refractivity contribution >= 4 is 29.1 Å². The van der Waals surface area contributed by atoms with Crippen LogP contribution in [-0.2, 0) is 11.2 Å². The zero-order valence-electron chi connectivity index (χ0n) is 10.8. The Kier molecular flexibility index (Phi) is 6.51. The van der Waals surface area contributed by atoms with Gasteiger partial charge in [0.15, 0.2) is 0 Å². The third-order valence-corrected chi connectivity index (χ3v) is 3.41. The molecular weight excluding hydrogens is 269 g/mol. The average molecular weight is 288 g/mol. The molecule has 1 aromatic carbocycles. The van der Waals surface area contributed by atoms with E-state index >= 15 is 0 Å². The quantitative estimate of drug-likeness (QED) is 0.839. The fraction of sp³-hybridized carbons (Fsp3) is 0.500. The van der Waals surface area contributed by atoms with Crippen molar-refractivity contribution in [2.45, 2.75) is 33.1 Å². The summed E-state index contributed by atoms with van der Waals surface area (Å²) >= 11 is 11.7. The van der Waals surface area contributed by atoms with Crippen LogP contribution in [0.3, 0.4) is 0 Å². The average Bonchev–Trinajstić information content (AvgIpc) is 2.30. The number of rotatable bonds is 6. The van der Waals surface area contributed by atoms with Crippen LogP contribution < -0.4 is 5.32 Å². The van der Waals surface area contributed by atoms with E-state index in [-0.39, 0.29) is 5.91 Å². The fourth-order valence-corrected chi connectivity index (χ4v) is 1.86. The normalized spacial score (nSPS) is 10.7. The van der Waals surface area contributed by atoms with Crippen LogP contribution in [0.2, 0.25) is 10.0 Å². The zero-order valence-corrected chi connectivity index (χ0v) is 12.3. The van der Waals surface area contributed by atoms with Crippen LogP contribution in [0.15, 0.2) is 18.2 Å². The minimum atomic E-state index is 0.0849. The second kappa shape index (κ2) is 7.65. The van der Waals surface area contributed by atoms with Crippen LogP contribution in [0, 0.1) is 5.92 Å². The van der Waals surface area contributed by atoms with E-state index in [1.54, 1.807) is 6.07 Å². The molecule has 0 heterocycles. The van der Waals surface area contributed by atoms with Crippen LogP contribution in [0.4, 0.5) is 0 Å². The van der Waals surface area contributed by atoms with Crippen LogP contribution in [0.1, 0.15) is 32.3 Å². The summed E-state index contributed by atoms with van der Waals surface area (Å²) in [4.78, 5) is 11.6. The number of halogens is 2. The number of amides is 1. The van der Waals surface area contributed by atoms with Crippen molar-refractivity contribution in [1.29, 1.82) is 0 Å². The highest BCUT2D eigenvalue weighted by atomic mass is 35.5. The van der Waals surface area contributed by atoms with Gasteiger partial charge in [0.25, 0.3) is 0 Å². The van der Waals surface area contributed by atoms with E-state index in [4.69, 9.17) is 23.2 Å². The standard InChI is InChI=1S/C14H19Cl2NO/c1-10(2)7-8-17-14(18)6-4-11-3-5-12(15)13(16)9-11/h3,5,9-10H,4,6-8H2,1-2H3,(H,17,18). The zero-order chi connectivity index (χ0) is 13.5. The minimum Gasteiger partial charge on any atom is -0.356 e. The molecule has 18 heavy (non-hydrogen) atoms. The molecule has 2 nitrogen and oxygen atoms in total. The van der Waals surface area contributed by atoms with Crippen molar-refractivity contribution in [3.8, 4) is 0 Å². The van der Waals surface area contributed by atoms with Gasteiger partial charge in [-0.1, -0.05) is 43.1 Å². The Hall–Kier alpha value is -0.730. The van der Waals surface area contributed by atoms with Gasteiger partial charge in [0.05, 0.1) is 10.0 Å². The van der Waals surface area contributed by atoms with Gasteiger partial charge in [-0.25, -0.2) is 0 Å². The van der Waals surface area contributed by atoms with E-state index in [2.05, 4.69) is 19.2 Å². The van der Waals surface area contributed by atoms with E-state index in [0.717, 1.165) is 18.5 Å². The van der Waals surface area contributed by atoms with Gasteiger partial charge in [-0.15, -0.1) is 0 Å². The third kappa shape index (κ3) is 5.74. The maximum absolute atomic E-state index is 11.6. The van der Waals surface area contributed by atoms with E-state index < -0.39 is 0 Å². The fourth-order valence-electron chi connectivity index (χ4n) is 1.54. The predicted molar refractivity (Wildman–Crippen MR) is 77.2 cm³/mol. The van der Waals surface area contributed by atoms with E-state index in [1.807, 2.05) is 12.1 Å². The second-order valence-corrected chi connectivity index (χ2v) is 5.60. The van der Waals surface area contributed by atoms with Gasteiger partial charge in [-0.2, -0.15) is 0 Å². The molecular formula is C14H19Cl2NO. The smallest absolute Gasteiger partial charge is 0.220 e. The first-order valence-corrected chi connectivity index (χ1v) is 6.95. The molecule has 0 saturated carbocycles. The first-order valence-electron chi connectivity index (χ1n) is 6.19. The molecule has 1 N–H and O–H groups in total.